The van der Waals surface area contributed by atoms with E-state index in [0.29, 0.717) is 0 Å². The first kappa shape index (κ1) is 14.0. The number of halogens is 1. The molecule has 0 saturated heterocycles. The molecule has 0 aliphatic heterocycles. The van der Waals surface area contributed by atoms with Gasteiger partial charge in [-0.1, -0.05) is 24.3 Å². The predicted octanol–water partition coefficient (Wildman–Crippen LogP) is 4.71. The predicted molar refractivity (Wildman–Crippen MR) is 91.4 cm³/mol. The fourth-order valence-electron chi connectivity index (χ4n) is 1.97. The molecule has 0 fully saturated rings. The minimum absolute atomic E-state index is 0.169. The summed E-state index contributed by atoms with van der Waals surface area (Å²) in [5.41, 5.74) is 0.718. The molecule has 1 amide bonds. The van der Waals surface area contributed by atoms with Crippen LogP contribution in [0.2, 0.25) is 0 Å². The van der Waals surface area contributed by atoms with Gasteiger partial charge in [0.05, 0.1) is 15.7 Å². The number of anilines is 1. The van der Waals surface area contributed by atoms with Crippen molar-refractivity contribution in [1.82, 2.24) is 4.98 Å². The Labute approximate surface area is 134 Å². The van der Waals surface area contributed by atoms with Gasteiger partial charge in [-0.05, 0) is 34.1 Å². The van der Waals surface area contributed by atoms with Crippen molar-refractivity contribution in [3.8, 4) is 0 Å². The van der Waals surface area contributed by atoms with E-state index in [1.165, 1.54) is 6.08 Å². The van der Waals surface area contributed by atoms with Gasteiger partial charge in [-0.2, -0.15) is 0 Å². The summed E-state index contributed by atoms with van der Waals surface area (Å²) < 4.78 is 1.04. The third-order valence-corrected chi connectivity index (χ3v) is 4.51. The van der Waals surface area contributed by atoms with Crippen LogP contribution >= 0.6 is 27.3 Å². The van der Waals surface area contributed by atoms with Crippen molar-refractivity contribution in [3.63, 3.8) is 0 Å². The summed E-state index contributed by atoms with van der Waals surface area (Å²) in [6.45, 7) is 0. The van der Waals surface area contributed by atoms with Crippen LogP contribution in [0, 0.1) is 0 Å². The highest BCUT2D eigenvalue weighted by atomic mass is 79.9. The molecule has 3 rings (SSSR count). The van der Waals surface area contributed by atoms with Crippen molar-refractivity contribution in [1.29, 1.82) is 0 Å². The maximum absolute atomic E-state index is 12.0. The van der Waals surface area contributed by atoms with Gasteiger partial charge < -0.3 is 5.32 Å². The van der Waals surface area contributed by atoms with Gasteiger partial charge in [0.1, 0.15) is 0 Å². The summed E-state index contributed by atoms with van der Waals surface area (Å²) in [6, 6.07) is 11.7. The number of thiophene rings is 1. The van der Waals surface area contributed by atoms with E-state index in [1.54, 1.807) is 29.8 Å². The fraction of sp³-hybridized carbons (Fsp3) is 0. The van der Waals surface area contributed by atoms with Gasteiger partial charge in [0.15, 0.2) is 0 Å². The summed E-state index contributed by atoms with van der Waals surface area (Å²) in [5, 5.41) is 4.85. The molecule has 1 aromatic carbocycles. The Balaban J connectivity index is 1.79. The van der Waals surface area contributed by atoms with E-state index >= 15 is 0 Å². The summed E-state index contributed by atoms with van der Waals surface area (Å²) in [6.07, 6.45) is 6.77. The molecule has 2 heterocycles. The lowest BCUT2D eigenvalue weighted by Crippen LogP contribution is -2.08. The van der Waals surface area contributed by atoms with E-state index in [4.69, 9.17) is 0 Å². The molecular formula is C16H11BrN2OS. The van der Waals surface area contributed by atoms with Gasteiger partial charge in [0.2, 0.25) is 5.91 Å². The minimum atomic E-state index is -0.169. The van der Waals surface area contributed by atoms with E-state index in [-0.39, 0.29) is 5.91 Å². The van der Waals surface area contributed by atoms with Crippen LogP contribution in [0.1, 0.15) is 4.88 Å². The molecule has 0 aliphatic rings. The Kier molecular flexibility index (Phi) is 4.13. The Bertz CT molecular complexity index is 821. The average Bonchev–Trinajstić information content (AvgIpc) is 2.91. The molecule has 21 heavy (non-hydrogen) atoms. The highest BCUT2D eigenvalue weighted by molar-refractivity contribution is 9.11. The van der Waals surface area contributed by atoms with Gasteiger partial charge in [-0.25, -0.2) is 0 Å². The highest BCUT2D eigenvalue weighted by Gasteiger charge is 2.03. The zero-order valence-corrected chi connectivity index (χ0v) is 13.3. The second kappa shape index (κ2) is 6.20. The number of hydrogen-bond donors (Lipinski definition) is 1. The first-order valence-corrected chi connectivity index (χ1v) is 7.90. The smallest absolute Gasteiger partial charge is 0.248 e. The molecule has 2 aromatic heterocycles. The molecule has 0 unspecified atom stereocenters. The molecule has 1 N–H and O–H groups in total. The second-order valence-corrected chi connectivity index (χ2v) is 6.87. The van der Waals surface area contributed by atoms with Crippen molar-refractivity contribution < 1.29 is 4.79 Å². The largest absolute Gasteiger partial charge is 0.321 e. The SMILES string of the molecule is O=C(/C=C/c1ccc(Br)s1)Nc1cncc2ccccc12. The molecule has 3 nitrogen and oxygen atoms in total. The molecule has 0 radical (unpaired) electrons. The van der Waals surface area contributed by atoms with Crippen molar-refractivity contribution in [2.45, 2.75) is 0 Å². The van der Waals surface area contributed by atoms with E-state index in [0.717, 1.165) is 25.1 Å². The number of carbonyl (C=O) groups is 1. The number of benzene rings is 1. The number of nitrogens with zero attached hydrogens (tertiary/aromatic N) is 1. The maximum atomic E-state index is 12.0. The summed E-state index contributed by atoms with van der Waals surface area (Å²) in [7, 11) is 0. The fourth-order valence-corrected chi connectivity index (χ4v) is 3.29. The van der Waals surface area contributed by atoms with Crippen LogP contribution in [0.15, 0.2) is 58.7 Å². The van der Waals surface area contributed by atoms with Crippen molar-refractivity contribution in [3.05, 3.63) is 63.5 Å². The lowest BCUT2D eigenvalue weighted by molar-refractivity contribution is -0.111. The standard InChI is InChI=1S/C16H11BrN2OS/c17-15-7-5-12(21-15)6-8-16(20)19-14-10-18-9-11-3-1-2-4-13(11)14/h1-10H,(H,19,20)/b8-6+. The summed E-state index contributed by atoms with van der Waals surface area (Å²) in [4.78, 5) is 17.2. The van der Waals surface area contributed by atoms with Gasteiger partial charge in [-0.3, -0.25) is 9.78 Å². The van der Waals surface area contributed by atoms with E-state index < -0.39 is 0 Å². The third kappa shape index (κ3) is 3.37. The van der Waals surface area contributed by atoms with Crippen molar-refractivity contribution in [2.24, 2.45) is 0 Å². The zero-order chi connectivity index (χ0) is 14.7. The first-order valence-electron chi connectivity index (χ1n) is 6.29. The van der Waals surface area contributed by atoms with Gasteiger partial charge in [-0.15, -0.1) is 11.3 Å². The number of pyridine rings is 1. The average molecular weight is 359 g/mol. The molecule has 0 aliphatic carbocycles. The number of amides is 1. The highest BCUT2D eigenvalue weighted by Crippen LogP contribution is 2.24. The maximum Gasteiger partial charge on any atom is 0.248 e. The summed E-state index contributed by atoms with van der Waals surface area (Å²) in [5.74, 6) is -0.169. The number of hydrogen-bond acceptors (Lipinski definition) is 3. The molecular weight excluding hydrogens is 348 g/mol. The van der Waals surface area contributed by atoms with Crippen LogP contribution in [0.3, 0.4) is 0 Å². The van der Waals surface area contributed by atoms with E-state index in [2.05, 4.69) is 26.2 Å². The van der Waals surface area contributed by atoms with Crippen LogP contribution in [0.5, 0.6) is 0 Å². The van der Waals surface area contributed by atoms with E-state index in [9.17, 15) is 4.79 Å². The Morgan fingerprint density at radius 1 is 1.19 bits per heavy atom. The number of rotatable bonds is 3. The lowest BCUT2D eigenvalue weighted by atomic mass is 10.1. The van der Waals surface area contributed by atoms with Crippen molar-refractivity contribution >= 4 is 55.7 Å². The van der Waals surface area contributed by atoms with E-state index in [1.807, 2.05) is 36.4 Å². The molecule has 3 aromatic rings. The van der Waals surface area contributed by atoms with Gasteiger partial charge >= 0.3 is 0 Å². The number of carbonyl (C=O) groups excluding carboxylic acids is 1. The Hall–Kier alpha value is -1.98. The molecule has 104 valence electrons. The first-order chi connectivity index (χ1) is 10.2. The van der Waals surface area contributed by atoms with Crippen LogP contribution in [0.25, 0.3) is 16.8 Å². The second-order valence-electron chi connectivity index (χ2n) is 4.37. The van der Waals surface area contributed by atoms with Gasteiger partial charge in [0.25, 0.3) is 0 Å². The topological polar surface area (TPSA) is 42.0 Å². The minimum Gasteiger partial charge on any atom is -0.321 e. The monoisotopic (exact) mass is 358 g/mol. The molecule has 0 saturated carbocycles. The van der Waals surface area contributed by atoms with Crippen LogP contribution < -0.4 is 5.32 Å². The van der Waals surface area contributed by atoms with Crippen LogP contribution in [-0.2, 0) is 4.79 Å². The van der Waals surface area contributed by atoms with Crippen molar-refractivity contribution in [2.75, 3.05) is 5.32 Å². The van der Waals surface area contributed by atoms with Crippen LogP contribution in [0.4, 0.5) is 5.69 Å². The van der Waals surface area contributed by atoms with Crippen LogP contribution in [-0.4, -0.2) is 10.9 Å². The number of fused-ring (bicyclic) bond motifs is 1. The zero-order valence-electron chi connectivity index (χ0n) is 10.9. The normalized spacial score (nSPS) is 11.1. The molecule has 5 heteroatoms. The quantitative estimate of drug-likeness (QED) is 0.688. The number of aromatic nitrogens is 1. The Morgan fingerprint density at radius 3 is 2.86 bits per heavy atom. The summed E-state index contributed by atoms with van der Waals surface area (Å²) >= 11 is 4.97. The Morgan fingerprint density at radius 2 is 2.05 bits per heavy atom. The molecule has 0 atom stereocenters. The lowest BCUT2D eigenvalue weighted by Gasteiger charge is -2.05. The molecule has 0 spiro atoms. The molecule has 0 bridgehead atoms. The third-order valence-electron chi connectivity index (χ3n) is 2.92. The number of nitrogens with one attached hydrogen (secondary N) is 1. The van der Waals surface area contributed by atoms with Gasteiger partial charge in [0, 0.05) is 27.9 Å².